The molecule has 70 heavy (non-hydrogen) atoms. The van der Waals surface area contributed by atoms with Crippen LogP contribution in [0.3, 0.4) is 0 Å². The van der Waals surface area contributed by atoms with E-state index in [1.165, 1.54) is 35.1 Å². The Kier molecular flexibility index (Phi) is 13.1. The third-order valence-electron chi connectivity index (χ3n) is 15.4. The first-order valence-electron chi connectivity index (χ1n) is 24.9. The highest BCUT2D eigenvalue weighted by molar-refractivity contribution is 6.09. The molecule has 360 valence electrons. The van der Waals surface area contributed by atoms with Gasteiger partial charge in [-0.2, -0.15) is 0 Å². The molecule has 9 heterocycles. The lowest BCUT2D eigenvalue weighted by molar-refractivity contribution is 0.0950. The summed E-state index contributed by atoms with van der Waals surface area (Å²) in [4.78, 5) is 59.8. The number of amides is 4. The smallest absolute Gasteiger partial charge is 0.288 e. The van der Waals surface area contributed by atoms with Crippen LogP contribution in [-0.2, 0) is 10.8 Å². The predicted molar refractivity (Wildman–Crippen MR) is 280 cm³/mol. The van der Waals surface area contributed by atoms with E-state index in [1.54, 1.807) is 42.5 Å². The molecule has 0 atom stereocenters. The summed E-state index contributed by atoms with van der Waals surface area (Å²) in [6.07, 6.45) is 10.6. The summed E-state index contributed by atoms with van der Waals surface area (Å²) in [5.41, 5.74) is 28.2. The Bertz CT molecular complexity index is 2800. The fraction of sp³-hybridized carbons (Fsp3) is 0.339. The SMILES string of the molecule is Cc1cc2cc(C)c1NNC(=O)c1cccc(n1)C(=O)NNc1c(C)cc(cc1C)C1(CCCCC1)c1cc(C)c(c(C)c1)NC(=O)c1cccc(c1)C(=O)Nc1c(C)cc(cc1C)C21CCCCC1. The molecule has 1 aromatic heterocycles. The van der Waals surface area contributed by atoms with Gasteiger partial charge in [0.2, 0.25) is 0 Å². The number of aryl methyl sites for hydroxylation is 8. The van der Waals surface area contributed by atoms with Gasteiger partial charge in [-0.15, -0.1) is 0 Å². The number of carbonyl (C=O) groups is 4. The van der Waals surface area contributed by atoms with Gasteiger partial charge in [0.15, 0.2) is 0 Å². The topological polar surface area (TPSA) is 153 Å². The van der Waals surface area contributed by atoms with E-state index in [4.69, 9.17) is 0 Å². The van der Waals surface area contributed by atoms with Crippen molar-refractivity contribution >= 4 is 46.4 Å². The molecular formula is C59H65N7O4. The van der Waals surface area contributed by atoms with Gasteiger partial charge in [0.05, 0.1) is 11.4 Å². The van der Waals surface area contributed by atoms with E-state index in [9.17, 15) is 19.2 Å². The minimum atomic E-state index is -0.471. The molecule has 2 fully saturated rings. The van der Waals surface area contributed by atoms with E-state index >= 15 is 0 Å². The lowest BCUT2D eigenvalue weighted by Crippen LogP contribution is -2.34. The molecular weight excluding hydrogens is 871 g/mol. The number of nitrogens with zero attached hydrogens (tertiary/aromatic N) is 1. The average Bonchev–Trinajstić information content (AvgIpc) is 3.35. The lowest BCUT2D eigenvalue weighted by atomic mass is 9.64. The summed E-state index contributed by atoms with van der Waals surface area (Å²) < 4.78 is 0. The quantitative estimate of drug-likeness (QED) is 0.0886. The number of aromatic nitrogens is 1. The predicted octanol–water partition coefficient (Wildman–Crippen LogP) is 12.4. The number of hydrazine groups is 2. The van der Waals surface area contributed by atoms with Crippen molar-refractivity contribution in [2.75, 3.05) is 21.5 Å². The molecule has 6 N–H and O–H groups in total. The van der Waals surface area contributed by atoms with Crippen LogP contribution in [0.25, 0.3) is 0 Å². The maximum atomic E-state index is 14.1. The number of anilines is 4. The van der Waals surface area contributed by atoms with Crippen LogP contribution in [0, 0.1) is 55.4 Å². The standard InChI is InChI=1S/C59H65N7O4/c1-34-25-44-26-35(2)50(34)61-54(67)42-17-15-18-43(33-42)55(68)62-51-36(3)27-45(28-37(51)4)59(23-13-10-14-24-59)47-31-40(7)53(41(8)32-47)64-66-57(70)49-20-16-19-48(60-49)56(69)65-63-52-38(5)29-46(30-39(52)6)58(44)21-11-9-12-22-58/h15-20,25-33,63-64H,9-14,21-24H2,1-8H3,(H,61,67)(H,62,68)(H,65,69)(H,66,70). The second-order valence-electron chi connectivity index (χ2n) is 20.3. The Morgan fingerprint density at radius 2 is 0.657 bits per heavy atom. The van der Waals surface area contributed by atoms with Crippen LogP contribution in [0.1, 0.15) is 173 Å². The first kappa shape index (κ1) is 47.8. The van der Waals surface area contributed by atoms with Crippen LogP contribution in [0.5, 0.6) is 0 Å². The molecule has 4 amide bonds. The highest BCUT2D eigenvalue weighted by atomic mass is 16.2. The van der Waals surface area contributed by atoms with Crippen molar-refractivity contribution < 1.29 is 19.2 Å². The van der Waals surface area contributed by atoms with Crippen molar-refractivity contribution in [1.82, 2.24) is 15.8 Å². The third-order valence-corrected chi connectivity index (χ3v) is 15.4. The van der Waals surface area contributed by atoms with E-state index in [0.717, 1.165) is 119 Å². The molecule has 2 spiro atoms. The van der Waals surface area contributed by atoms with E-state index in [0.29, 0.717) is 11.1 Å². The van der Waals surface area contributed by atoms with Crippen molar-refractivity contribution in [1.29, 1.82) is 0 Å². The van der Waals surface area contributed by atoms with E-state index in [2.05, 4.69) is 85.9 Å². The van der Waals surface area contributed by atoms with E-state index < -0.39 is 11.8 Å². The molecule has 5 aromatic carbocycles. The summed E-state index contributed by atoms with van der Waals surface area (Å²) in [7, 11) is 0. The van der Waals surface area contributed by atoms with E-state index in [1.807, 2.05) is 55.4 Å². The molecule has 0 saturated heterocycles. The van der Waals surface area contributed by atoms with Gasteiger partial charge in [0.25, 0.3) is 23.6 Å². The van der Waals surface area contributed by atoms with Gasteiger partial charge >= 0.3 is 0 Å². The van der Waals surface area contributed by atoms with Crippen LogP contribution < -0.4 is 32.3 Å². The van der Waals surface area contributed by atoms with Crippen molar-refractivity contribution in [3.63, 3.8) is 0 Å². The number of rotatable bonds is 0. The van der Waals surface area contributed by atoms with Crippen LogP contribution in [0.15, 0.2) is 91.0 Å². The first-order valence-corrected chi connectivity index (χ1v) is 24.9. The maximum absolute atomic E-state index is 14.1. The highest BCUT2D eigenvalue weighted by Crippen LogP contribution is 2.49. The maximum Gasteiger partial charge on any atom is 0.288 e. The van der Waals surface area contributed by atoms with Crippen LogP contribution in [0.4, 0.5) is 22.7 Å². The van der Waals surface area contributed by atoms with Gasteiger partial charge in [-0.3, -0.25) is 40.9 Å². The molecule has 0 unspecified atom stereocenters. The Morgan fingerprint density at radius 3 is 0.986 bits per heavy atom. The zero-order valence-corrected chi connectivity index (χ0v) is 41.8. The summed E-state index contributed by atoms with van der Waals surface area (Å²) >= 11 is 0. The molecule has 2 saturated carbocycles. The third kappa shape index (κ3) is 9.05. The largest absolute Gasteiger partial charge is 0.322 e. The number of benzene rings is 5. The first-order chi connectivity index (χ1) is 33.6. The minimum Gasteiger partial charge on any atom is -0.322 e. The number of carbonyl (C=O) groups excluding carboxylic acids is 4. The van der Waals surface area contributed by atoms with Crippen LogP contribution in [0.2, 0.25) is 0 Å². The molecule has 8 aliphatic heterocycles. The van der Waals surface area contributed by atoms with Gasteiger partial charge in [0, 0.05) is 33.3 Å². The van der Waals surface area contributed by atoms with Gasteiger partial charge in [-0.05, 0) is 178 Å². The average molecular weight is 936 g/mol. The molecule has 12 bridgehead atoms. The Balaban J connectivity index is 1.10. The summed E-state index contributed by atoms with van der Waals surface area (Å²) in [5.74, 6) is -1.50. The summed E-state index contributed by atoms with van der Waals surface area (Å²) in [6.45, 7) is 16.4. The summed E-state index contributed by atoms with van der Waals surface area (Å²) in [5, 5.41) is 6.41. The number of pyridine rings is 1. The highest BCUT2D eigenvalue weighted by Gasteiger charge is 2.39. The second-order valence-corrected chi connectivity index (χ2v) is 20.3. The van der Waals surface area contributed by atoms with Crippen LogP contribution in [-0.4, -0.2) is 28.6 Å². The van der Waals surface area contributed by atoms with Gasteiger partial charge in [0.1, 0.15) is 11.4 Å². The Labute approximate surface area is 412 Å². The summed E-state index contributed by atoms with van der Waals surface area (Å²) in [6, 6.07) is 29.5. The number of hydrogen-bond donors (Lipinski definition) is 6. The minimum absolute atomic E-state index is 0.0969. The number of hydrogen-bond acceptors (Lipinski definition) is 7. The zero-order valence-electron chi connectivity index (χ0n) is 41.8. The lowest BCUT2D eigenvalue weighted by Gasteiger charge is -2.40. The van der Waals surface area contributed by atoms with Crippen molar-refractivity contribution in [2.45, 2.75) is 130 Å². The molecule has 6 aromatic rings. The fourth-order valence-corrected chi connectivity index (χ4v) is 11.8. The Morgan fingerprint density at radius 1 is 0.357 bits per heavy atom. The zero-order chi connectivity index (χ0) is 49.5. The molecule has 16 rings (SSSR count). The molecule has 11 nitrogen and oxygen atoms in total. The van der Waals surface area contributed by atoms with Gasteiger partial charge < -0.3 is 10.6 Å². The molecule has 10 aliphatic rings. The number of nitrogens with one attached hydrogen (secondary N) is 6. The van der Waals surface area contributed by atoms with Crippen molar-refractivity contribution in [3.05, 3.63) is 180 Å². The fourth-order valence-electron chi connectivity index (χ4n) is 11.8. The van der Waals surface area contributed by atoms with Crippen molar-refractivity contribution in [3.8, 4) is 0 Å². The molecule has 2 aliphatic carbocycles. The second kappa shape index (κ2) is 19.3. The molecule has 11 heteroatoms. The molecule has 0 radical (unpaired) electrons. The monoisotopic (exact) mass is 936 g/mol. The normalized spacial score (nSPS) is 17.0. The van der Waals surface area contributed by atoms with Gasteiger partial charge in [-0.25, -0.2) is 4.98 Å². The van der Waals surface area contributed by atoms with E-state index in [-0.39, 0.29) is 34.0 Å². The van der Waals surface area contributed by atoms with Crippen molar-refractivity contribution in [2.24, 2.45) is 0 Å². The van der Waals surface area contributed by atoms with Gasteiger partial charge in [-0.1, -0.05) is 99.2 Å². The Hall–Kier alpha value is -7.27. The van der Waals surface area contributed by atoms with Crippen LogP contribution >= 0.6 is 0 Å².